The SMILES string of the molecule is CSN1CC2(C1)CN(c1ccc(-c3n[nH]c4ccc(OCc5c(Cl)cncc5Cl)cc34)cn1)C2. The van der Waals surface area contributed by atoms with Crippen LogP contribution in [0.25, 0.3) is 22.2 Å². The fourth-order valence-corrected chi connectivity index (χ4v) is 5.98. The zero-order chi connectivity index (χ0) is 23.3. The van der Waals surface area contributed by atoms with E-state index in [0.717, 1.165) is 41.1 Å². The highest BCUT2D eigenvalue weighted by molar-refractivity contribution is 7.96. The molecule has 3 aromatic heterocycles. The van der Waals surface area contributed by atoms with Gasteiger partial charge in [-0.1, -0.05) is 35.1 Å². The Labute approximate surface area is 211 Å². The molecule has 1 spiro atoms. The minimum atomic E-state index is 0.251. The number of ether oxygens (including phenoxy) is 1. The van der Waals surface area contributed by atoms with Gasteiger partial charge in [0, 0.05) is 66.7 Å². The summed E-state index contributed by atoms with van der Waals surface area (Å²) in [4.78, 5) is 11.1. The van der Waals surface area contributed by atoms with E-state index in [1.165, 1.54) is 13.1 Å². The van der Waals surface area contributed by atoms with Crippen molar-refractivity contribution in [1.29, 1.82) is 0 Å². The van der Waals surface area contributed by atoms with Gasteiger partial charge in [0.05, 0.1) is 15.6 Å². The van der Waals surface area contributed by atoms with E-state index in [-0.39, 0.29) is 6.61 Å². The van der Waals surface area contributed by atoms with E-state index >= 15 is 0 Å². The number of pyridine rings is 2. The van der Waals surface area contributed by atoms with Gasteiger partial charge >= 0.3 is 0 Å². The van der Waals surface area contributed by atoms with Crippen molar-refractivity contribution in [3.63, 3.8) is 0 Å². The number of H-pyrrole nitrogens is 1. The second-order valence-corrected chi connectivity index (χ2v) is 10.6. The van der Waals surface area contributed by atoms with Crippen molar-refractivity contribution in [3.8, 4) is 17.0 Å². The third kappa shape index (κ3) is 3.88. The van der Waals surface area contributed by atoms with Gasteiger partial charge in [0.25, 0.3) is 0 Å². The third-order valence-corrected chi connectivity index (χ3v) is 7.98. The molecular formula is C24H22Cl2N6OS. The predicted molar refractivity (Wildman–Crippen MR) is 138 cm³/mol. The van der Waals surface area contributed by atoms with E-state index in [4.69, 9.17) is 32.9 Å². The first-order chi connectivity index (χ1) is 16.5. The molecule has 2 saturated heterocycles. The molecule has 2 aliphatic heterocycles. The fourth-order valence-electron chi connectivity index (χ4n) is 4.70. The van der Waals surface area contributed by atoms with Crippen molar-refractivity contribution in [2.24, 2.45) is 5.41 Å². The van der Waals surface area contributed by atoms with Crippen molar-refractivity contribution in [2.45, 2.75) is 6.61 Å². The molecule has 0 aliphatic carbocycles. The van der Waals surface area contributed by atoms with Gasteiger partial charge in [-0.15, -0.1) is 0 Å². The van der Waals surface area contributed by atoms with Gasteiger partial charge < -0.3 is 9.64 Å². The van der Waals surface area contributed by atoms with Crippen LogP contribution >= 0.6 is 35.1 Å². The summed E-state index contributed by atoms with van der Waals surface area (Å²) < 4.78 is 8.39. The zero-order valence-electron chi connectivity index (χ0n) is 18.5. The summed E-state index contributed by atoms with van der Waals surface area (Å²) in [7, 11) is 0. The van der Waals surface area contributed by atoms with Crippen LogP contribution in [0.2, 0.25) is 10.0 Å². The highest BCUT2D eigenvalue weighted by Gasteiger charge is 2.51. The summed E-state index contributed by atoms with van der Waals surface area (Å²) >= 11 is 14.3. The molecule has 10 heteroatoms. The maximum atomic E-state index is 6.21. The Morgan fingerprint density at radius 1 is 1.06 bits per heavy atom. The van der Waals surface area contributed by atoms with E-state index in [9.17, 15) is 0 Å². The van der Waals surface area contributed by atoms with E-state index in [1.54, 1.807) is 12.4 Å². The molecule has 1 aromatic carbocycles. The lowest BCUT2D eigenvalue weighted by molar-refractivity contribution is 0.0474. The molecule has 34 heavy (non-hydrogen) atoms. The average molecular weight is 513 g/mol. The first-order valence-electron chi connectivity index (χ1n) is 10.9. The first kappa shape index (κ1) is 22.0. The van der Waals surface area contributed by atoms with Crippen molar-refractivity contribution >= 4 is 51.9 Å². The second kappa shape index (κ2) is 8.61. The molecule has 1 N–H and O–H groups in total. The maximum Gasteiger partial charge on any atom is 0.128 e. The molecule has 7 nitrogen and oxygen atoms in total. The number of rotatable bonds is 6. The Morgan fingerprint density at radius 3 is 2.56 bits per heavy atom. The number of hydrogen-bond donors (Lipinski definition) is 1. The summed E-state index contributed by atoms with van der Waals surface area (Å²) in [5, 5.41) is 9.56. The second-order valence-electron chi connectivity index (χ2n) is 8.89. The van der Waals surface area contributed by atoms with Gasteiger partial charge in [0.15, 0.2) is 0 Å². The van der Waals surface area contributed by atoms with E-state index in [1.807, 2.05) is 36.3 Å². The number of nitrogens with zero attached hydrogens (tertiary/aromatic N) is 5. The van der Waals surface area contributed by atoms with Crippen LogP contribution in [0, 0.1) is 5.41 Å². The van der Waals surface area contributed by atoms with Crippen molar-refractivity contribution < 1.29 is 4.74 Å². The molecule has 2 fully saturated rings. The monoisotopic (exact) mass is 512 g/mol. The molecule has 0 unspecified atom stereocenters. The molecule has 0 radical (unpaired) electrons. The molecule has 0 atom stereocenters. The Morgan fingerprint density at radius 2 is 1.85 bits per heavy atom. The minimum absolute atomic E-state index is 0.251. The van der Waals surface area contributed by atoms with Gasteiger partial charge in [-0.2, -0.15) is 5.10 Å². The molecule has 2 aliphatic rings. The molecule has 0 saturated carbocycles. The van der Waals surface area contributed by atoms with Crippen LogP contribution in [0.1, 0.15) is 5.56 Å². The van der Waals surface area contributed by atoms with E-state index in [0.29, 0.717) is 26.8 Å². The van der Waals surface area contributed by atoms with Gasteiger partial charge in [-0.05, 0) is 36.6 Å². The molecule has 174 valence electrons. The van der Waals surface area contributed by atoms with Gasteiger partial charge in [0.1, 0.15) is 23.9 Å². The number of benzene rings is 1. The quantitative estimate of drug-likeness (QED) is 0.351. The van der Waals surface area contributed by atoms with Crippen LogP contribution in [0.3, 0.4) is 0 Å². The number of aromatic nitrogens is 4. The summed E-state index contributed by atoms with van der Waals surface area (Å²) in [5.41, 5.74) is 3.90. The van der Waals surface area contributed by atoms with E-state index in [2.05, 4.69) is 42.8 Å². The number of halogens is 2. The average Bonchev–Trinajstić information content (AvgIpc) is 3.21. The number of aromatic amines is 1. The largest absolute Gasteiger partial charge is 0.489 e. The molecule has 5 heterocycles. The zero-order valence-corrected chi connectivity index (χ0v) is 20.8. The van der Waals surface area contributed by atoms with Crippen LogP contribution in [0.15, 0.2) is 48.9 Å². The minimum Gasteiger partial charge on any atom is -0.489 e. The molecular weight excluding hydrogens is 491 g/mol. The lowest BCUT2D eigenvalue weighted by Gasteiger charge is -2.60. The van der Waals surface area contributed by atoms with Crippen LogP contribution in [-0.2, 0) is 6.61 Å². The number of nitrogens with one attached hydrogen (secondary N) is 1. The van der Waals surface area contributed by atoms with Gasteiger partial charge in [-0.3, -0.25) is 10.1 Å². The molecule has 0 bridgehead atoms. The Bertz CT molecular complexity index is 1330. The van der Waals surface area contributed by atoms with Crippen LogP contribution < -0.4 is 9.64 Å². The van der Waals surface area contributed by atoms with Gasteiger partial charge in [0.2, 0.25) is 0 Å². The highest BCUT2D eigenvalue weighted by Crippen LogP contribution is 2.43. The summed E-state index contributed by atoms with van der Waals surface area (Å²) in [5.74, 6) is 1.72. The topological polar surface area (TPSA) is 70.2 Å². The molecule has 6 rings (SSSR count). The smallest absolute Gasteiger partial charge is 0.128 e. The number of anilines is 1. The third-order valence-electron chi connectivity index (χ3n) is 6.55. The Balaban J connectivity index is 1.18. The normalized spacial score (nSPS) is 17.1. The fraction of sp³-hybridized carbons (Fsp3) is 0.292. The van der Waals surface area contributed by atoms with Gasteiger partial charge in [-0.25, -0.2) is 9.29 Å². The first-order valence-corrected chi connectivity index (χ1v) is 12.9. The molecule has 4 aromatic rings. The van der Waals surface area contributed by atoms with Crippen LogP contribution in [-0.4, -0.2) is 56.9 Å². The highest BCUT2D eigenvalue weighted by atomic mass is 35.5. The van der Waals surface area contributed by atoms with Crippen LogP contribution in [0.4, 0.5) is 5.82 Å². The number of fused-ring (bicyclic) bond motifs is 1. The standard InChI is InChI=1S/C24H22Cl2N6OS/c1-34-32-13-24(14-32)11-31(12-24)22-5-2-15(7-28-22)23-17-6-16(3-4-21(17)29-30-23)33-10-18-19(25)8-27-9-20(18)26/h2-9H,10-14H2,1H3,(H,29,30). The Kier molecular flexibility index (Phi) is 5.56. The van der Waals surface area contributed by atoms with E-state index < -0.39 is 0 Å². The lowest BCUT2D eigenvalue weighted by Crippen LogP contribution is -2.70. The summed E-state index contributed by atoms with van der Waals surface area (Å²) in [6.07, 6.45) is 7.16. The number of hydrogen-bond acceptors (Lipinski definition) is 7. The van der Waals surface area contributed by atoms with Crippen molar-refractivity contribution in [3.05, 3.63) is 64.5 Å². The summed E-state index contributed by atoms with van der Waals surface area (Å²) in [6, 6.07) is 9.99. The lowest BCUT2D eigenvalue weighted by atomic mass is 9.74. The molecule has 0 amide bonds. The maximum absolute atomic E-state index is 6.21. The predicted octanol–water partition coefficient (Wildman–Crippen LogP) is 5.31. The Hall–Kier alpha value is -2.52. The van der Waals surface area contributed by atoms with Crippen molar-refractivity contribution in [1.82, 2.24) is 24.5 Å². The van der Waals surface area contributed by atoms with Crippen LogP contribution in [0.5, 0.6) is 5.75 Å². The summed E-state index contributed by atoms with van der Waals surface area (Å²) in [6.45, 7) is 4.75. The van der Waals surface area contributed by atoms with Crippen molar-refractivity contribution in [2.75, 3.05) is 37.3 Å².